The molecule has 4 rings (SSSR count). The number of pyridine rings is 2. The minimum absolute atomic E-state index is 0.00998. The summed E-state index contributed by atoms with van der Waals surface area (Å²) in [5, 5.41) is 8.96. The molecule has 0 fully saturated rings. The highest BCUT2D eigenvalue weighted by Gasteiger charge is 2.14. The van der Waals surface area contributed by atoms with Crippen LogP contribution in [0.15, 0.2) is 36.7 Å². The summed E-state index contributed by atoms with van der Waals surface area (Å²) < 4.78 is 23.0. The lowest BCUT2D eigenvalue weighted by molar-refractivity contribution is -0.119. The molecule has 1 amide bonds. The Morgan fingerprint density at radius 2 is 1.26 bits per heavy atom. The molecule has 12 nitrogen and oxygen atoms in total. The van der Waals surface area contributed by atoms with Crippen LogP contribution in [0.25, 0.3) is 34.2 Å². The number of sulfone groups is 1. The third kappa shape index (κ3) is 7.60. The van der Waals surface area contributed by atoms with Gasteiger partial charge in [-0.25, -0.2) is 28.4 Å². The zero-order chi connectivity index (χ0) is 30.4. The lowest BCUT2D eigenvalue weighted by atomic mass is 10.1. The average Bonchev–Trinajstić information content (AvgIpc) is 2.95. The fraction of sp³-hybridized carbons (Fsp3) is 0.345. The summed E-state index contributed by atoms with van der Waals surface area (Å²) in [6, 6.07) is 7.54. The topological polar surface area (TPSA) is 165 Å². The Bertz CT molecular complexity index is 1690. The fourth-order valence-corrected chi connectivity index (χ4v) is 4.48. The van der Waals surface area contributed by atoms with E-state index in [1.54, 1.807) is 12.4 Å². The molecule has 0 radical (unpaired) electrons. The Kier molecular flexibility index (Phi) is 9.41. The second kappa shape index (κ2) is 13.0. The zero-order valence-corrected chi connectivity index (χ0v) is 25.4. The van der Waals surface area contributed by atoms with Crippen molar-refractivity contribution in [1.82, 2.24) is 35.2 Å². The van der Waals surface area contributed by atoms with Crippen LogP contribution < -0.4 is 16.0 Å². The van der Waals surface area contributed by atoms with E-state index in [-0.39, 0.29) is 24.7 Å². The predicted molar refractivity (Wildman–Crippen MR) is 164 cm³/mol. The highest BCUT2D eigenvalue weighted by Crippen LogP contribution is 2.25. The quantitative estimate of drug-likeness (QED) is 0.235. The molecule has 0 saturated carbocycles. The zero-order valence-electron chi connectivity index (χ0n) is 24.6. The van der Waals surface area contributed by atoms with Gasteiger partial charge in [-0.15, -0.1) is 0 Å². The molecule has 220 valence electrons. The minimum atomic E-state index is -3.09. The molecule has 0 unspecified atom stereocenters. The first-order valence-corrected chi connectivity index (χ1v) is 15.6. The lowest BCUT2D eigenvalue weighted by Gasteiger charge is -2.12. The molecule has 13 heteroatoms. The number of rotatable bonds is 11. The van der Waals surface area contributed by atoms with Crippen molar-refractivity contribution >= 4 is 27.4 Å². The third-order valence-corrected chi connectivity index (χ3v) is 7.60. The van der Waals surface area contributed by atoms with E-state index < -0.39 is 9.84 Å². The highest BCUT2D eigenvalue weighted by molar-refractivity contribution is 7.90. The van der Waals surface area contributed by atoms with E-state index in [1.165, 1.54) is 6.26 Å². The molecule has 3 N–H and O–H groups in total. The van der Waals surface area contributed by atoms with Gasteiger partial charge in [0.15, 0.2) is 11.6 Å². The molecule has 4 aromatic rings. The number of nitrogens with zero attached hydrogens (tertiary/aromatic N) is 6. The van der Waals surface area contributed by atoms with Gasteiger partial charge in [0.2, 0.25) is 5.91 Å². The number of hydrogen-bond donors (Lipinski definition) is 3. The predicted octanol–water partition coefficient (Wildman–Crippen LogP) is 3.30. The lowest BCUT2D eigenvalue weighted by Crippen LogP contribution is -2.30. The van der Waals surface area contributed by atoms with E-state index in [4.69, 9.17) is 0 Å². The van der Waals surface area contributed by atoms with Gasteiger partial charge in [0.1, 0.15) is 32.9 Å². The number of anilines is 2. The summed E-state index contributed by atoms with van der Waals surface area (Å²) in [5.41, 5.74) is 6.22. The van der Waals surface area contributed by atoms with Crippen molar-refractivity contribution in [1.29, 1.82) is 0 Å². The average molecular weight is 590 g/mol. The van der Waals surface area contributed by atoms with Crippen molar-refractivity contribution in [3.05, 3.63) is 59.2 Å². The molecule has 0 aliphatic rings. The molecule has 0 atom stereocenters. The Morgan fingerprint density at radius 3 is 1.69 bits per heavy atom. The Morgan fingerprint density at radius 1 is 0.762 bits per heavy atom. The normalized spacial score (nSPS) is 11.3. The number of aryl methyl sites for hydroxylation is 2. The number of carbonyl (C=O) groups is 1. The summed E-state index contributed by atoms with van der Waals surface area (Å²) in [7, 11) is -3.09. The Hall–Kier alpha value is -4.52. The van der Waals surface area contributed by atoms with Gasteiger partial charge in [-0.2, -0.15) is 0 Å². The van der Waals surface area contributed by atoms with Crippen molar-refractivity contribution in [2.75, 3.05) is 42.3 Å². The summed E-state index contributed by atoms with van der Waals surface area (Å²) in [6.45, 7) is 10.4. The first-order chi connectivity index (χ1) is 19.9. The summed E-state index contributed by atoms with van der Waals surface area (Å²) >= 11 is 0. The third-order valence-electron chi connectivity index (χ3n) is 6.65. The van der Waals surface area contributed by atoms with Gasteiger partial charge in [-0.1, -0.05) is 12.1 Å². The van der Waals surface area contributed by atoms with Crippen LogP contribution in [0.3, 0.4) is 0 Å². The van der Waals surface area contributed by atoms with Gasteiger partial charge in [-0.3, -0.25) is 14.8 Å². The SMILES string of the molecule is CCNC(=O)CNc1nc(-c2ccc(-c3ccc(-c4nc(C)c(C)c(NCCS(C)(=O)=O)n4)nc3)cn2)nc(C)c1C. The molecule has 0 aromatic carbocycles. The molecule has 0 bridgehead atoms. The molecule has 0 aliphatic heterocycles. The minimum Gasteiger partial charge on any atom is -0.369 e. The molecular weight excluding hydrogens is 554 g/mol. The smallest absolute Gasteiger partial charge is 0.239 e. The van der Waals surface area contributed by atoms with Gasteiger partial charge >= 0.3 is 0 Å². The molecule has 4 heterocycles. The van der Waals surface area contributed by atoms with Gasteiger partial charge < -0.3 is 16.0 Å². The van der Waals surface area contributed by atoms with Gasteiger partial charge in [0.05, 0.1) is 12.3 Å². The monoisotopic (exact) mass is 589 g/mol. The molecule has 42 heavy (non-hydrogen) atoms. The van der Waals surface area contributed by atoms with Crippen molar-refractivity contribution in [2.24, 2.45) is 0 Å². The van der Waals surface area contributed by atoms with Crippen LogP contribution in [0.4, 0.5) is 11.6 Å². The van der Waals surface area contributed by atoms with Crippen LogP contribution in [-0.2, 0) is 14.6 Å². The molecule has 0 saturated heterocycles. The van der Waals surface area contributed by atoms with Crippen LogP contribution in [0.2, 0.25) is 0 Å². The van der Waals surface area contributed by atoms with E-state index in [2.05, 4.69) is 45.9 Å². The van der Waals surface area contributed by atoms with E-state index >= 15 is 0 Å². The number of carbonyl (C=O) groups excluding carboxylic acids is 1. The number of amides is 1. The summed E-state index contributed by atoms with van der Waals surface area (Å²) in [6.07, 6.45) is 4.68. The maximum Gasteiger partial charge on any atom is 0.239 e. The largest absolute Gasteiger partial charge is 0.369 e. The van der Waals surface area contributed by atoms with Crippen molar-refractivity contribution < 1.29 is 13.2 Å². The Labute approximate surface area is 245 Å². The van der Waals surface area contributed by atoms with Crippen LogP contribution >= 0.6 is 0 Å². The molecule has 4 aromatic heterocycles. The summed E-state index contributed by atoms with van der Waals surface area (Å²) in [4.78, 5) is 39.4. The van der Waals surface area contributed by atoms with E-state index in [1.807, 2.05) is 58.9 Å². The van der Waals surface area contributed by atoms with Crippen molar-refractivity contribution in [3.8, 4) is 34.2 Å². The second-order valence-electron chi connectivity index (χ2n) is 9.94. The molecule has 0 spiro atoms. The van der Waals surface area contributed by atoms with Gasteiger partial charge in [0, 0.05) is 65.4 Å². The van der Waals surface area contributed by atoms with Crippen molar-refractivity contribution in [2.45, 2.75) is 34.6 Å². The number of nitrogens with one attached hydrogen (secondary N) is 3. The maximum atomic E-state index is 11.9. The van der Waals surface area contributed by atoms with E-state index in [0.717, 1.165) is 33.6 Å². The van der Waals surface area contributed by atoms with E-state index in [0.29, 0.717) is 41.2 Å². The van der Waals surface area contributed by atoms with Crippen LogP contribution in [-0.4, -0.2) is 75.9 Å². The highest BCUT2D eigenvalue weighted by atomic mass is 32.2. The van der Waals surface area contributed by atoms with Crippen LogP contribution in [0.1, 0.15) is 29.4 Å². The maximum absolute atomic E-state index is 11.9. The first-order valence-electron chi connectivity index (χ1n) is 13.5. The van der Waals surface area contributed by atoms with E-state index in [9.17, 15) is 13.2 Å². The Balaban J connectivity index is 1.51. The number of hydrogen-bond acceptors (Lipinski definition) is 11. The van der Waals surface area contributed by atoms with Gasteiger partial charge in [0.25, 0.3) is 0 Å². The van der Waals surface area contributed by atoms with Gasteiger partial charge in [-0.05, 0) is 46.8 Å². The van der Waals surface area contributed by atoms with Crippen molar-refractivity contribution in [3.63, 3.8) is 0 Å². The van der Waals surface area contributed by atoms with Crippen LogP contribution in [0, 0.1) is 27.7 Å². The molecular formula is C29H35N9O3S. The fourth-order valence-electron chi connectivity index (χ4n) is 4.00. The van der Waals surface area contributed by atoms with Crippen LogP contribution in [0.5, 0.6) is 0 Å². The summed E-state index contributed by atoms with van der Waals surface area (Å²) in [5.74, 6) is 1.99. The number of likely N-dealkylation sites (N-methyl/N-ethyl adjacent to an activating group) is 1. The second-order valence-corrected chi connectivity index (χ2v) is 12.2. The number of aromatic nitrogens is 6. The molecule has 0 aliphatic carbocycles. The first kappa shape index (κ1) is 30.4. The standard InChI is InChI=1S/C29H35N9O3S/c1-7-30-25(39)16-34-27-18(3)20(5)36-29(38-27)24-11-9-22(15-33-24)21-8-10-23(32-14-21)28-35-19(4)17(2)26(37-28)31-12-13-42(6,40)41/h8-11,14-15H,7,12-13,16H2,1-6H3,(H,30,39)(H,31,35,37)(H,34,36,38).